The lowest BCUT2D eigenvalue weighted by molar-refractivity contribution is 0.0697. The van der Waals surface area contributed by atoms with Crippen LogP contribution in [-0.4, -0.2) is 11.1 Å². The molecular weight excluding hydrogens is 427 g/mol. The SMILES string of the molecule is N#CSc1ccc(C(=O)O)c(-c2c3ccc(=S)cc-3sc3cc(S)ccc23)c1. The summed E-state index contributed by atoms with van der Waals surface area (Å²) in [5.41, 5.74) is 2.53. The van der Waals surface area contributed by atoms with E-state index >= 15 is 0 Å². The average Bonchev–Trinajstić information content (AvgIpc) is 2.66. The second-order valence-corrected chi connectivity index (χ2v) is 8.95. The van der Waals surface area contributed by atoms with Crippen molar-refractivity contribution in [2.24, 2.45) is 0 Å². The Morgan fingerprint density at radius 3 is 2.68 bits per heavy atom. The van der Waals surface area contributed by atoms with Gasteiger partial charge in [0.25, 0.3) is 0 Å². The van der Waals surface area contributed by atoms with Gasteiger partial charge < -0.3 is 5.11 Å². The van der Waals surface area contributed by atoms with Crippen molar-refractivity contribution in [3.8, 4) is 27.0 Å². The van der Waals surface area contributed by atoms with Gasteiger partial charge in [0.2, 0.25) is 0 Å². The molecule has 0 saturated heterocycles. The fraction of sp³-hybridized carbons (Fsp3) is 0. The molecule has 0 amide bonds. The number of thiocyanates is 1. The lowest BCUT2D eigenvalue weighted by atomic mass is 9.92. The molecule has 3 nitrogen and oxygen atoms in total. The van der Waals surface area contributed by atoms with E-state index in [0.29, 0.717) is 10.5 Å². The van der Waals surface area contributed by atoms with Crippen LogP contribution >= 0.6 is 47.9 Å². The van der Waals surface area contributed by atoms with Crippen LogP contribution in [0.1, 0.15) is 10.4 Å². The Morgan fingerprint density at radius 2 is 1.93 bits per heavy atom. The lowest BCUT2D eigenvalue weighted by Gasteiger charge is -2.18. The van der Waals surface area contributed by atoms with Crippen molar-refractivity contribution in [1.82, 2.24) is 0 Å². The number of nitrogens with zero attached hydrogens (tertiary/aromatic N) is 1. The van der Waals surface area contributed by atoms with E-state index in [4.69, 9.17) is 17.5 Å². The van der Waals surface area contributed by atoms with E-state index in [1.165, 1.54) is 0 Å². The van der Waals surface area contributed by atoms with Gasteiger partial charge in [-0.15, -0.1) is 24.0 Å². The maximum absolute atomic E-state index is 11.9. The van der Waals surface area contributed by atoms with E-state index in [-0.39, 0.29) is 5.56 Å². The molecule has 2 aromatic rings. The Balaban J connectivity index is 2.19. The molecule has 0 saturated carbocycles. The molecule has 1 heterocycles. The zero-order valence-corrected chi connectivity index (χ0v) is 17.5. The quantitative estimate of drug-likeness (QED) is 0.119. The molecule has 0 unspecified atom stereocenters. The van der Waals surface area contributed by atoms with E-state index in [1.807, 2.05) is 41.8 Å². The number of thioether (sulfide) groups is 1. The summed E-state index contributed by atoms with van der Waals surface area (Å²) in [6, 6.07) is 16.5. The number of carbonyl (C=O) groups is 1. The number of thiol groups is 1. The van der Waals surface area contributed by atoms with Gasteiger partial charge in [-0.3, -0.25) is 0 Å². The highest BCUT2D eigenvalue weighted by atomic mass is 32.2. The van der Waals surface area contributed by atoms with Crippen LogP contribution in [0.3, 0.4) is 0 Å². The Kier molecular flexibility index (Phi) is 5.13. The van der Waals surface area contributed by atoms with Gasteiger partial charge in [0.15, 0.2) is 0 Å². The summed E-state index contributed by atoms with van der Waals surface area (Å²) in [4.78, 5) is 14.4. The van der Waals surface area contributed by atoms with Crippen molar-refractivity contribution in [2.45, 2.75) is 9.79 Å². The Hall–Kier alpha value is -2.37. The third-order valence-electron chi connectivity index (χ3n) is 4.33. The van der Waals surface area contributed by atoms with Crippen LogP contribution in [-0.2, 0) is 0 Å². The molecule has 0 fully saturated rings. The molecule has 0 bridgehead atoms. The third-order valence-corrected chi connectivity index (χ3v) is 6.56. The summed E-state index contributed by atoms with van der Waals surface area (Å²) in [7, 11) is 0. The standard InChI is InChI=1S/C21H11NO2S4/c22-10-27-13-3-6-14(21(23)24)17(9-13)20-15-4-1-11(25)7-18(15)28-19-8-12(26)2-5-16(19)20/h1-9,25H,(H,23,24). The summed E-state index contributed by atoms with van der Waals surface area (Å²) in [6.07, 6.45) is 0. The van der Waals surface area contributed by atoms with E-state index in [9.17, 15) is 9.90 Å². The Bertz CT molecular complexity index is 1320. The van der Waals surface area contributed by atoms with Crippen molar-refractivity contribution in [2.75, 3.05) is 0 Å². The molecule has 7 heteroatoms. The fourth-order valence-corrected chi connectivity index (χ4v) is 5.32. The number of nitriles is 1. The maximum Gasteiger partial charge on any atom is 0.336 e. The minimum Gasteiger partial charge on any atom is -0.478 e. The van der Waals surface area contributed by atoms with Gasteiger partial charge in [0.1, 0.15) is 5.40 Å². The molecule has 0 atom stereocenters. The molecular formula is C21H11NO2S4. The summed E-state index contributed by atoms with van der Waals surface area (Å²) in [5.74, 6) is -1.01. The summed E-state index contributed by atoms with van der Waals surface area (Å²) in [5, 5.41) is 21.8. The number of hydrogen-bond acceptors (Lipinski definition) is 6. The van der Waals surface area contributed by atoms with Crippen molar-refractivity contribution in [3.63, 3.8) is 0 Å². The first-order valence-corrected chi connectivity index (χ1v) is 10.6. The van der Waals surface area contributed by atoms with Gasteiger partial charge in [0.05, 0.1) is 5.56 Å². The molecule has 1 aliphatic carbocycles. The molecule has 2 aliphatic rings. The number of aromatic carboxylic acids is 1. The molecule has 0 spiro atoms. The van der Waals surface area contributed by atoms with Crippen LogP contribution in [0, 0.1) is 15.2 Å². The highest BCUT2D eigenvalue weighted by molar-refractivity contribution is 8.03. The van der Waals surface area contributed by atoms with Gasteiger partial charge in [-0.2, -0.15) is 5.26 Å². The first-order chi connectivity index (χ1) is 13.5. The predicted octanol–water partition coefficient (Wildman–Crippen LogP) is 6.96. The van der Waals surface area contributed by atoms with Gasteiger partial charge in [0, 0.05) is 34.8 Å². The van der Waals surface area contributed by atoms with Crippen molar-refractivity contribution >= 4 is 64.0 Å². The van der Waals surface area contributed by atoms with E-state index < -0.39 is 5.97 Å². The first-order valence-electron chi connectivity index (χ1n) is 8.11. The van der Waals surface area contributed by atoms with E-state index in [0.717, 1.165) is 47.3 Å². The van der Waals surface area contributed by atoms with Gasteiger partial charge in [-0.25, -0.2) is 4.79 Å². The summed E-state index contributed by atoms with van der Waals surface area (Å²) in [6.45, 7) is 0. The van der Waals surface area contributed by atoms with E-state index in [1.54, 1.807) is 29.5 Å². The van der Waals surface area contributed by atoms with Crippen LogP contribution in [0.15, 0.2) is 64.4 Å². The Morgan fingerprint density at radius 1 is 1.11 bits per heavy atom. The normalized spacial score (nSPS) is 10.9. The smallest absolute Gasteiger partial charge is 0.336 e. The number of rotatable bonds is 3. The second-order valence-electron chi connectivity index (χ2n) is 6.02. The molecule has 0 aromatic heterocycles. The summed E-state index contributed by atoms with van der Waals surface area (Å²) < 4.78 is 1.72. The van der Waals surface area contributed by atoms with Crippen LogP contribution in [0.4, 0.5) is 0 Å². The van der Waals surface area contributed by atoms with Gasteiger partial charge in [-0.05, 0) is 65.4 Å². The third kappa shape index (κ3) is 3.40. The van der Waals surface area contributed by atoms with E-state index in [2.05, 4.69) is 12.6 Å². The zero-order valence-electron chi connectivity index (χ0n) is 14.2. The van der Waals surface area contributed by atoms with Crippen LogP contribution in [0.5, 0.6) is 0 Å². The second kappa shape index (κ2) is 7.57. The number of hydrogen-bond donors (Lipinski definition) is 2. The molecule has 136 valence electrons. The van der Waals surface area contributed by atoms with Crippen molar-refractivity contribution in [3.05, 3.63) is 64.7 Å². The lowest BCUT2D eigenvalue weighted by Crippen LogP contribution is -2.01. The van der Waals surface area contributed by atoms with Gasteiger partial charge in [-0.1, -0.05) is 24.4 Å². The minimum atomic E-state index is -1.01. The number of carboxylic acid groups (broad SMARTS) is 1. The van der Waals surface area contributed by atoms with Gasteiger partial charge >= 0.3 is 5.97 Å². The highest BCUT2D eigenvalue weighted by Gasteiger charge is 2.21. The monoisotopic (exact) mass is 437 g/mol. The number of fused-ring (bicyclic) bond motifs is 2. The largest absolute Gasteiger partial charge is 0.478 e. The zero-order chi connectivity index (χ0) is 19.8. The number of benzene rings is 3. The molecule has 28 heavy (non-hydrogen) atoms. The number of carboxylic acids is 1. The molecule has 2 aromatic carbocycles. The summed E-state index contributed by atoms with van der Waals surface area (Å²) >= 11 is 12.4. The fourth-order valence-electron chi connectivity index (χ4n) is 3.18. The van der Waals surface area contributed by atoms with Crippen molar-refractivity contribution in [1.29, 1.82) is 5.26 Å². The molecule has 1 aliphatic heterocycles. The molecule has 4 rings (SSSR count). The highest BCUT2D eigenvalue weighted by Crippen LogP contribution is 2.45. The minimum absolute atomic E-state index is 0.193. The van der Waals surface area contributed by atoms with Crippen LogP contribution in [0.25, 0.3) is 31.7 Å². The molecule has 0 radical (unpaired) electrons. The van der Waals surface area contributed by atoms with Crippen molar-refractivity contribution < 1.29 is 9.90 Å². The first kappa shape index (κ1) is 19.0. The average molecular weight is 438 g/mol. The maximum atomic E-state index is 11.9. The topological polar surface area (TPSA) is 61.1 Å². The predicted molar refractivity (Wildman–Crippen MR) is 120 cm³/mol. The van der Waals surface area contributed by atoms with Crippen LogP contribution in [0.2, 0.25) is 0 Å². The molecule has 1 N–H and O–H groups in total. The Labute approximate surface area is 180 Å². The van der Waals surface area contributed by atoms with Crippen LogP contribution < -0.4 is 0 Å².